The largest absolute Gasteiger partial charge is 0.492 e. The Hall–Kier alpha value is -1.36. The number of carbonyl (C=O) groups is 1. The highest BCUT2D eigenvalue weighted by Crippen LogP contribution is 2.30. The van der Waals surface area contributed by atoms with Crippen molar-refractivity contribution in [2.45, 2.75) is 96.2 Å². The monoisotopic (exact) mass is 481 g/mol. The van der Waals surface area contributed by atoms with E-state index in [1.807, 2.05) is 53.8 Å². The Morgan fingerprint density at radius 1 is 1.20 bits per heavy atom. The minimum atomic E-state index is -0.465. The molecular weight excluding hydrogens is 442 g/mol. The van der Waals surface area contributed by atoms with Crippen LogP contribution in [0.1, 0.15) is 74.1 Å². The van der Waals surface area contributed by atoms with Crippen LogP contribution < -0.4 is 0 Å². The summed E-state index contributed by atoms with van der Waals surface area (Å²) in [4.78, 5) is 17.0. The third-order valence-corrected chi connectivity index (χ3v) is 5.82. The number of ether oxygens (including phenoxy) is 2. The molecule has 0 N–H and O–H groups in total. The van der Waals surface area contributed by atoms with Gasteiger partial charge in [0.15, 0.2) is 0 Å². The first-order valence-electron chi connectivity index (χ1n) is 10.8. The van der Waals surface area contributed by atoms with Gasteiger partial charge in [-0.05, 0) is 72.3 Å². The molecular formula is C25H40BrNO3. The fraction of sp³-hybridized carbons (Fsp3) is 0.680. The highest BCUT2D eigenvalue weighted by Gasteiger charge is 2.24. The van der Waals surface area contributed by atoms with E-state index in [1.54, 1.807) is 0 Å². The Balaban J connectivity index is 2.78. The molecule has 0 saturated heterocycles. The van der Waals surface area contributed by atoms with Gasteiger partial charge in [-0.15, -0.1) is 0 Å². The second-order valence-electron chi connectivity index (χ2n) is 10.2. The van der Waals surface area contributed by atoms with Crippen molar-refractivity contribution in [2.75, 3.05) is 0 Å². The molecule has 30 heavy (non-hydrogen) atoms. The summed E-state index contributed by atoms with van der Waals surface area (Å²) in [5, 5.41) is 0. The molecule has 4 unspecified atom stereocenters. The van der Waals surface area contributed by atoms with Crippen LogP contribution in [0.4, 0.5) is 0 Å². The van der Waals surface area contributed by atoms with Crippen LogP contribution in [0.15, 0.2) is 41.6 Å². The molecule has 0 aliphatic carbocycles. The van der Waals surface area contributed by atoms with Crippen molar-refractivity contribution in [3.05, 3.63) is 36.6 Å². The Labute approximate surface area is 192 Å². The number of esters is 1. The van der Waals surface area contributed by atoms with Gasteiger partial charge in [-0.1, -0.05) is 48.2 Å². The highest BCUT2D eigenvalue weighted by molar-refractivity contribution is 9.10. The van der Waals surface area contributed by atoms with Crippen LogP contribution in [-0.4, -0.2) is 34.3 Å². The molecule has 1 heterocycles. The van der Waals surface area contributed by atoms with Crippen molar-refractivity contribution in [3.8, 4) is 0 Å². The summed E-state index contributed by atoms with van der Waals surface area (Å²) in [6.45, 7) is 22.3. The topological polar surface area (TPSA) is 47.9 Å². The summed E-state index contributed by atoms with van der Waals surface area (Å²) >= 11 is 3.63. The number of rotatable bonds is 9. The van der Waals surface area contributed by atoms with Crippen molar-refractivity contribution in [1.82, 2.24) is 0 Å². The van der Waals surface area contributed by atoms with Crippen molar-refractivity contribution in [1.29, 1.82) is 0 Å². The van der Waals surface area contributed by atoms with E-state index in [2.05, 4.69) is 47.1 Å². The smallest absolute Gasteiger partial charge is 0.306 e. The quantitative estimate of drug-likeness (QED) is 0.157. The predicted molar refractivity (Wildman–Crippen MR) is 130 cm³/mol. The molecule has 0 spiro atoms. The second-order valence-corrected chi connectivity index (χ2v) is 11.2. The number of aliphatic imine (C=N–C) groups is 1. The van der Waals surface area contributed by atoms with E-state index in [4.69, 9.17) is 9.47 Å². The molecule has 4 atom stereocenters. The molecule has 0 radical (unpaired) electrons. The van der Waals surface area contributed by atoms with Crippen LogP contribution in [0.25, 0.3) is 0 Å². The fourth-order valence-corrected chi connectivity index (χ4v) is 3.60. The molecule has 0 fully saturated rings. The highest BCUT2D eigenvalue weighted by atomic mass is 79.9. The maximum Gasteiger partial charge on any atom is 0.306 e. The van der Waals surface area contributed by atoms with Crippen LogP contribution in [0.2, 0.25) is 0 Å². The molecule has 0 amide bonds. The zero-order valence-electron chi connectivity index (χ0n) is 19.8. The zero-order chi connectivity index (χ0) is 23.1. The molecule has 0 aromatic carbocycles. The van der Waals surface area contributed by atoms with Crippen molar-refractivity contribution in [2.24, 2.45) is 16.8 Å². The summed E-state index contributed by atoms with van der Waals surface area (Å²) in [6, 6.07) is 0.157. The van der Waals surface area contributed by atoms with Crippen LogP contribution in [-0.2, 0) is 14.3 Å². The molecule has 1 rings (SSSR count). The number of hydrogen-bond acceptors (Lipinski definition) is 4. The number of halogens is 1. The van der Waals surface area contributed by atoms with E-state index in [0.717, 1.165) is 18.4 Å². The molecule has 0 aromatic rings. The third-order valence-electron chi connectivity index (χ3n) is 4.68. The minimum absolute atomic E-state index is 0.0585. The van der Waals surface area contributed by atoms with Gasteiger partial charge in [0, 0.05) is 18.6 Å². The Bertz CT molecular complexity index is 667. The van der Waals surface area contributed by atoms with Gasteiger partial charge in [-0.3, -0.25) is 9.79 Å². The van der Waals surface area contributed by atoms with E-state index < -0.39 is 5.60 Å². The average molecular weight is 483 g/mol. The zero-order valence-corrected chi connectivity index (χ0v) is 21.4. The van der Waals surface area contributed by atoms with Gasteiger partial charge in [0.2, 0.25) is 0 Å². The van der Waals surface area contributed by atoms with E-state index in [-0.39, 0.29) is 23.5 Å². The molecule has 1 aliphatic rings. The number of nitrogens with zero attached hydrogens (tertiary/aromatic N) is 1. The molecule has 1 aliphatic heterocycles. The second kappa shape index (κ2) is 11.3. The normalized spacial score (nSPS) is 23.3. The van der Waals surface area contributed by atoms with Gasteiger partial charge >= 0.3 is 5.97 Å². The summed E-state index contributed by atoms with van der Waals surface area (Å²) < 4.78 is 11.5. The lowest BCUT2D eigenvalue weighted by atomic mass is 9.90. The first-order chi connectivity index (χ1) is 13.7. The predicted octanol–water partition coefficient (Wildman–Crippen LogP) is 6.80. The number of carbonyl (C=O) groups excluding carboxylic acids is 1. The number of alkyl halides is 1. The van der Waals surface area contributed by atoms with Crippen LogP contribution in [0.5, 0.6) is 0 Å². The van der Waals surface area contributed by atoms with Gasteiger partial charge in [0.1, 0.15) is 11.2 Å². The van der Waals surface area contributed by atoms with Crippen LogP contribution >= 0.6 is 15.9 Å². The Morgan fingerprint density at radius 3 is 2.33 bits per heavy atom. The summed E-state index contributed by atoms with van der Waals surface area (Å²) in [6.07, 6.45) is 8.90. The third kappa shape index (κ3) is 10.6. The SMILES string of the molecule is C=C(/C=C\C1CC(C)C(Br)C=N1)C(CCCC(=O)OC(C)(C)C)C(=C)OC(C)(C)C. The number of allylic oxidation sites excluding steroid dienone is 2. The summed E-state index contributed by atoms with van der Waals surface area (Å²) in [5.74, 6) is 0.980. The van der Waals surface area contributed by atoms with E-state index in [0.29, 0.717) is 29.3 Å². The van der Waals surface area contributed by atoms with Crippen LogP contribution in [0.3, 0.4) is 0 Å². The summed E-state index contributed by atoms with van der Waals surface area (Å²) in [7, 11) is 0. The average Bonchev–Trinajstić information content (AvgIpc) is 2.56. The standard InChI is InChI=1S/C25H40BrNO3/c1-17(13-14-20-15-18(2)22(26)16-27-20)21(19(3)29-24(4,5)6)11-10-12-23(28)30-25(7,8)9/h13-14,16,18,20-22H,1,3,10-12,15H2,2,4-9H3/b14-13-. The van der Waals surface area contributed by atoms with Crippen molar-refractivity contribution in [3.63, 3.8) is 0 Å². The first-order valence-corrected chi connectivity index (χ1v) is 11.7. The van der Waals surface area contributed by atoms with E-state index >= 15 is 0 Å². The van der Waals surface area contributed by atoms with Gasteiger partial charge in [-0.2, -0.15) is 0 Å². The lowest BCUT2D eigenvalue weighted by Crippen LogP contribution is -2.24. The molecule has 5 heteroatoms. The maximum atomic E-state index is 12.1. The fourth-order valence-electron chi connectivity index (χ4n) is 3.25. The van der Waals surface area contributed by atoms with Gasteiger partial charge < -0.3 is 9.47 Å². The van der Waals surface area contributed by atoms with Crippen molar-refractivity contribution < 1.29 is 14.3 Å². The van der Waals surface area contributed by atoms with Gasteiger partial charge in [0.05, 0.1) is 16.6 Å². The van der Waals surface area contributed by atoms with E-state index in [1.165, 1.54) is 0 Å². The number of hydrogen-bond donors (Lipinski definition) is 0. The first kappa shape index (κ1) is 26.7. The van der Waals surface area contributed by atoms with Crippen molar-refractivity contribution >= 4 is 28.1 Å². The molecule has 0 aromatic heterocycles. The van der Waals surface area contributed by atoms with Gasteiger partial charge in [-0.25, -0.2) is 0 Å². The molecule has 0 bridgehead atoms. The lowest BCUT2D eigenvalue weighted by molar-refractivity contribution is -0.155. The Kier molecular flexibility index (Phi) is 10.1. The van der Waals surface area contributed by atoms with E-state index in [9.17, 15) is 4.79 Å². The minimum Gasteiger partial charge on any atom is -0.492 e. The summed E-state index contributed by atoms with van der Waals surface area (Å²) in [5.41, 5.74) is 0.128. The van der Waals surface area contributed by atoms with Crippen LogP contribution in [0, 0.1) is 11.8 Å². The Morgan fingerprint density at radius 2 is 1.80 bits per heavy atom. The lowest BCUT2D eigenvalue weighted by Gasteiger charge is -2.29. The maximum absolute atomic E-state index is 12.1. The molecule has 4 nitrogen and oxygen atoms in total. The molecule has 0 saturated carbocycles. The van der Waals surface area contributed by atoms with Gasteiger partial charge in [0.25, 0.3) is 0 Å². The molecule has 170 valence electrons.